The van der Waals surface area contributed by atoms with Gasteiger partial charge in [0.15, 0.2) is 5.13 Å². The molecule has 2 aromatic rings. The van der Waals surface area contributed by atoms with E-state index in [9.17, 15) is 9.90 Å². The highest BCUT2D eigenvalue weighted by molar-refractivity contribution is 7.14. The Labute approximate surface area is 133 Å². The fourth-order valence-corrected chi connectivity index (χ4v) is 3.40. The zero-order valence-electron chi connectivity index (χ0n) is 12.4. The molecule has 0 spiro atoms. The molecule has 1 saturated heterocycles. The van der Waals surface area contributed by atoms with Crippen molar-refractivity contribution in [2.24, 2.45) is 5.92 Å². The van der Waals surface area contributed by atoms with Crippen LogP contribution in [0.15, 0.2) is 29.6 Å². The predicted octanol–water partition coefficient (Wildman–Crippen LogP) is 2.84. The lowest BCUT2D eigenvalue weighted by Gasteiger charge is -2.26. The third-order valence-corrected chi connectivity index (χ3v) is 4.65. The van der Waals surface area contributed by atoms with E-state index in [1.807, 2.05) is 17.5 Å². The number of carbonyl (C=O) groups excluding carboxylic acids is 1. The van der Waals surface area contributed by atoms with E-state index in [1.54, 1.807) is 12.1 Å². The van der Waals surface area contributed by atoms with Gasteiger partial charge in [0.25, 0.3) is 0 Å². The van der Waals surface area contributed by atoms with Crippen LogP contribution in [0.1, 0.15) is 19.8 Å². The number of aromatic nitrogens is 1. The van der Waals surface area contributed by atoms with Gasteiger partial charge in [-0.3, -0.25) is 4.79 Å². The van der Waals surface area contributed by atoms with Crippen LogP contribution in [0.5, 0.6) is 5.75 Å². The molecule has 2 atom stereocenters. The number of benzene rings is 1. The number of anilines is 1. The maximum absolute atomic E-state index is 12.3. The van der Waals surface area contributed by atoms with Crippen molar-refractivity contribution in [3.05, 3.63) is 29.6 Å². The van der Waals surface area contributed by atoms with Gasteiger partial charge >= 0.3 is 0 Å². The largest absolute Gasteiger partial charge is 0.508 e. The van der Waals surface area contributed by atoms with Crippen molar-refractivity contribution in [3.63, 3.8) is 0 Å². The minimum absolute atomic E-state index is 0.0530. The lowest BCUT2D eigenvalue weighted by molar-refractivity contribution is -0.120. The zero-order chi connectivity index (χ0) is 15.5. The zero-order valence-corrected chi connectivity index (χ0v) is 13.2. The number of hydrogen-bond donors (Lipinski definition) is 3. The average molecular weight is 317 g/mol. The average Bonchev–Trinajstić information content (AvgIpc) is 2.96. The Morgan fingerprint density at radius 3 is 2.91 bits per heavy atom. The van der Waals surface area contributed by atoms with Gasteiger partial charge in [0.05, 0.1) is 5.69 Å². The Morgan fingerprint density at radius 2 is 2.18 bits per heavy atom. The van der Waals surface area contributed by atoms with Crippen molar-refractivity contribution in [2.45, 2.75) is 25.8 Å². The maximum Gasteiger partial charge on any atom is 0.229 e. The van der Waals surface area contributed by atoms with Crippen LogP contribution in [0, 0.1) is 5.92 Å². The number of rotatable bonds is 3. The topological polar surface area (TPSA) is 74.2 Å². The summed E-state index contributed by atoms with van der Waals surface area (Å²) in [7, 11) is 0. The first-order valence-corrected chi connectivity index (χ1v) is 8.29. The molecule has 22 heavy (non-hydrogen) atoms. The Morgan fingerprint density at radius 1 is 1.41 bits per heavy atom. The SMILES string of the molecule is C[C@H]1C[C@@H](C(=O)Nc2nc(-c3ccc(O)cc3)cs2)CCN1. The van der Waals surface area contributed by atoms with Gasteiger partial charge in [0.2, 0.25) is 5.91 Å². The summed E-state index contributed by atoms with van der Waals surface area (Å²) < 4.78 is 0. The molecule has 0 unspecified atom stereocenters. The molecule has 2 heterocycles. The maximum atomic E-state index is 12.3. The van der Waals surface area contributed by atoms with Crippen molar-refractivity contribution in [3.8, 4) is 17.0 Å². The van der Waals surface area contributed by atoms with Gasteiger partial charge in [-0.2, -0.15) is 0 Å². The van der Waals surface area contributed by atoms with Gasteiger partial charge in [-0.05, 0) is 50.6 Å². The van der Waals surface area contributed by atoms with E-state index in [1.165, 1.54) is 11.3 Å². The standard InChI is InChI=1S/C16H19N3O2S/c1-10-8-12(6-7-17-10)15(21)19-16-18-14(9-22-16)11-2-4-13(20)5-3-11/h2-5,9-10,12,17,20H,6-8H2,1H3,(H,18,19,21)/t10-,12-/m0/s1. The molecule has 1 amide bonds. The molecule has 0 aliphatic carbocycles. The molecule has 1 aromatic carbocycles. The summed E-state index contributed by atoms with van der Waals surface area (Å²) in [6, 6.07) is 7.26. The van der Waals surface area contributed by atoms with Gasteiger partial charge in [-0.15, -0.1) is 11.3 Å². The number of amides is 1. The molecule has 0 bridgehead atoms. The van der Waals surface area contributed by atoms with Crippen LogP contribution in [0.2, 0.25) is 0 Å². The number of aromatic hydroxyl groups is 1. The molecule has 1 aliphatic heterocycles. The molecule has 1 aromatic heterocycles. The second-order valence-electron chi connectivity index (χ2n) is 5.65. The van der Waals surface area contributed by atoms with E-state index >= 15 is 0 Å². The summed E-state index contributed by atoms with van der Waals surface area (Å²) in [6.45, 7) is 2.99. The van der Waals surface area contributed by atoms with Crippen molar-refractivity contribution in [2.75, 3.05) is 11.9 Å². The highest BCUT2D eigenvalue weighted by Gasteiger charge is 2.25. The molecule has 3 rings (SSSR count). The molecule has 5 nitrogen and oxygen atoms in total. The molecule has 1 fully saturated rings. The van der Waals surface area contributed by atoms with E-state index in [2.05, 4.69) is 22.5 Å². The molecule has 0 saturated carbocycles. The molecule has 6 heteroatoms. The van der Waals surface area contributed by atoms with Crippen molar-refractivity contribution >= 4 is 22.4 Å². The number of carbonyl (C=O) groups is 1. The third kappa shape index (κ3) is 3.45. The number of piperidine rings is 1. The minimum atomic E-state index is 0.0530. The highest BCUT2D eigenvalue weighted by Crippen LogP contribution is 2.27. The van der Waals surface area contributed by atoms with Crippen LogP contribution < -0.4 is 10.6 Å². The molecule has 0 radical (unpaired) electrons. The van der Waals surface area contributed by atoms with E-state index in [-0.39, 0.29) is 17.6 Å². The van der Waals surface area contributed by atoms with Gasteiger partial charge in [0.1, 0.15) is 5.75 Å². The van der Waals surface area contributed by atoms with Crippen molar-refractivity contribution in [1.82, 2.24) is 10.3 Å². The number of phenols is 1. The fourth-order valence-electron chi connectivity index (χ4n) is 2.67. The summed E-state index contributed by atoms with van der Waals surface area (Å²) in [6.07, 6.45) is 1.73. The van der Waals surface area contributed by atoms with Gasteiger partial charge in [-0.25, -0.2) is 4.98 Å². The molecule has 1 aliphatic rings. The summed E-state index contributed by atoms with van der Waals surface area (Å²) in [5.41, 5.74) is 1.73. The summed E-state index contributed by atoms with van der Waals surface area (Å²) >= 11 is 1.42. The third-order valence-electron chi connectivity index (χ3n) is 3.89. The number of thiazole rings is 1. The van der Waals surface area contributed by atoms with Crippen LogP contribution in [0.4, 0.5) is 5.13 Å². The van der Waals surface area contributed by atoms with Gasteiger partial charge in [0, 0.05) is 22.9 Å². The second kappa shape index (κ2) is 6.46. The quantitative estimate of drug-likeness (QED) is 0.814. The van der Waals surface area contributed by atoms with Crippen LogP contribution in [-0.4, -0.2) is 28.6 Å². The lowest BCUT2D eigenvalue weighted by atomic mass is 9.92. The number of phenolic OH excluding ortho intramolecular Hbond substituents is 1. The normalized spacial score (nSPS) is 21.5. The van der Waals surface area contributed by atoms with Crippen LogP contribution in [0.3, 0.4) is 0 Å². The van der Waals surface area contributed by atoms with Crippen molar-refractivity contribution < 1.29 is 9.90 Å². The molecular formula is C16H19N3O2S. The monoisotopic (exact) mass is 317 g/mol. The number of nitrogens with one attached hydrogen (secondary N) is 2. The van der Waals surface area contributed by atoms with Gasteiger partial charge < -0.3 is 15.7 Å². The first-order chi connectivity index (χ1) is 10.6. The van der Waals surface area contributed by atoms with Crippen LogP contribution in [-0.2, 0) is 4.79 Å². The van der Waals surface area contributed by atoms with E-state index < -0.39 is 0 Å². The van der Waals surface area contributed by atoms with Crippen molar-refractivity contribution in [1.29, 1.82) is 0 Å². The van der Waals surface area contributed by atoms with E-state index in [4.69, 9.17) is 0 Å². The summed E-state index contributed by atoms with van der Waals surface area (Å²) in [5.74, 6) is 0.338. The summed E-state index contributed by atoms with van der Waals surface area (Å²) in [4.78, 5) is 16.8. The Bertz CT molecular complexity index is 654. The second-order valence-corrected chi connectivity index (χ2v) is 6.51. The molecular weight excluding hydrogens is 298 g/mol. The number of nitrogens with zero attached hydrogens (tertiary/aromatic N) is 1. The van der Waals surface area contributed by atoms with E-state index in [0.717, 1.165) is 30.6 Å². The highest BCUT2D eigenvalue weighted by atomic mass is 32.1. The first kappa shape index (κ1) is 15.0. The number of hydrogen-bond acceptors (Lipinski definition) is 5. The first-order valence-electron chi connectivity index (χ1n) is 7.41. The summed E-state index contributed by atoms with van der Waals surface area (Å²) in [5, 5.41) is 18.1. The minimum Gasteiger partial charge on any atom is -0.508 e. The van der Waals surface area contributed by atoms with Crippen LogP contribution in [0.25, 0.3) is 11.3 Å². The Hall–Kier alpha value is -1.92. The lowest BCUT2D eigenvalue weighted by Crippen LogP contribution is -2.40. The van der Waals surface area contributed by atoms with E-state index in [0.29, 0.717) is 11.2 Å². The Kier molecular flexibility index (Phi) is 4.40. The van der Waals surface area contributed by atoms with Gasteiger partial charge in [-0.1, -0.05) is 0 Å². The smallest absolute Gasteiger partial charge is 0.229 e. The predicted molar refractivity (Wildman–Crippen MR) is 88.0 cm³/mol. The fraction of sp³-hybridized carbons (Fsp3) is 0.375. The van der Waals surface area contributed by atoms with Crippen LogP contribution >= 0.6 is 11.3 Å². The molecule has 3 N–H and O–H groups in total. The Balaban J connectivity index is 1.66. The molecule has 116 valence electrons.